The van der Waals surface area contributed by atoms with Gasteiger partial charge in [-0.25, -0.2) is 4.98 Å². The van der Waals surface area contributed by atoms with Gasteiger partial charge in [0.05, 0.1) is 11.3 Å². The maximum absolute atomic E-state index is 13.0. The normalized spacial score (nSPS) is 13.0. The topological polar surface area (TPSA) is 57.2 Å². The van der Waals surface area contributed by atoms with Gasteiger partial charge in [0, 0.05) is 17.4 Å². The quantitative estimate of drug-likeness (QED) is 0.590. The number of aromatic nitrogens is 1. The molecule has 4 nitrogen and oxygen atoms in total. The van der Waals surface area contributed by atoms with E-state index in [1.807, 2.05) is 0 Å². The molecule has 3 N–H and O–H groups in total. The van der Waals surface area contributed by atoms with Crippen LogP contribution in [0.3, 0.4) is 0 Å². The third-order valence-corrected chi connectivity index (χ3v) is 3.18. The summed E-state index contributed by atoms with van der Waals surface area (Å²) in [7, 11) is 1.53. The van der Waals surface area contributed by atoms with Crippen molar-refractivity contribution in [1.82, 2.24) is 10.3 Å². The summed E-state index contributed by atoms with van der Waals surface area (Å²) in [5.41, 5.74) is -0.433. The van der Waals surface area contributed by atoms with Crippen molar-refractivity contribution in [2.24, 2.45) is 0 Å². The Kier molecular flexibility index (Phi) is 4.90. The molecule has 0 saturated heterocycles. The summed E-state index contributed by atoms with van der Waals surface area (Å²) >= 11 is 5.68. The Labute approximate surface area is 129 Å². The number of nitrogens with zero attached hydrogens (tertiary/aromatic N) is 1. The molecule has 0 amide bonds. The SMILES string of the molecule is CNC(O)c1ccccc1Nc1cc(Cl)ncc1C(F)(F)F. The van der Waals surface area contributed by atoms with Crippen LogP contribution in [0.2, 0.25) is 5.15 Å². The second-order valence-corrected chi connectivity index (χ2v) is 4.84. The molecule has 0 radical (unpaired) electrons. The molecule has 1 heterocycles. The van der Waals surface area contributed by atoms with Crippen molar-refractivity contribution in [1.29, 1.82) is 0 Å². The lowest BCUT2D eigenvalue weighted by Crippen LogP contribution is -2.17. The van der Waals surface area contributed by atoms with E-state index in [9.17, 15) is 18.3 Å². The number of hydrogen-bond acceptors (Lipinski definition) is 4. The van der Waals surface area contributed by atoms with E-state index >= 15 is 0 Å². The molecule has 2 aromatic rings. The zero-order valence-electron chi connectivity index (χ0n) is 11.4. The number of para-hydroxylation sites is 1. The lowest BCUT2D eigenvalue weighted by molar-refractivity contribution is -0.137. The molecule has 0 aliphatic carbocycles. The lowest BCUT2D eigenvalue weighted by atomic mass is 10.1. The van der Waals surface area contributed by atoms with Crippen LogP contribution in [0.25, 0.3) is 0 Å². The Bertz CT molecular complexity index is 664. The minimum atomic E-state index is -4.57. The van der Waals surface area contributed by atoms with Crippen molar-refractivity contribution >= 4 is 23.0 Å². The fourth-order valence-corrected chi connectivity index (χ4v) is 2.07. The van der Waals surface area contributed by atoms with E-state index in [0.29, 0.717) is 17.4 Å². The molecule has 0 spiro atoms. The Balaban J connectivity index is 2.46. The highest BCUT2D eigenvalue weighted by Crippen LogP contribution is 2.37. The van der Waals surface area contributed by atoms with E-state index in [0.717, 1.165) is 6.07 Å². The molecule has 0 fully saturated rings. The van der Waals surface area contributed by atoms with E-state index in [1.165, 1.54) is 7.05 Å². The molecule has 8 heteroatoms. The molecule has 118 valence electrons. The number of benzene rings is 1. The van der Waals surface area contributed by atoms with Crippen LogP contribution in [0.15, 0.2) is 36.5 Å². The number of hydrogen-bond donors (Lipinski definition) is 3. The molecule has 1 aromatic heterocycles. The van der Waals surface area contributed by atoms with Crippen molar-refractivity contribution in [2.45, 2.75) is 12.4 Å². The van der Waals surface area contributed by atoms with E-state index in [-0.39, 0.29) is 10.8 Å². The molecule has 0 aliphatic rings. The van der Waals surface area contributed by atoms with Gasteiger partial charge in [0.15, 0.2) is 0 Å². The second kappa shape index (κ2) is 6.51. The summed E-state index contributed by atoms with van der Waals surface area (Å²) in [6.07, 6.45) is -4.92. The van der Waals surface area contributed by atoms with Gasteiger partial charge in [0.25, 0.3) is 0 Å². The van der Waals surface area contributed by atoms with E-state index in [2.05, 4.69) is 15.6 Å². The Morgan fingerprint density at radius 3 is 2.55 bits per heavy atom. The van der Waals surface area contributed by atoms with Gasteiger partial charge in [0.2, 0.25) is 0 Å². The fraction of sp³-hybridized carbons (Fsp3) is 0.214. The summed E-state index contributed by atoms with van der Waals surface area (Å²) in [5, 5.41) is 15.1. The van der Waals surface area contributed by atoms with Crippen LogP contribution in [0.4, 0.5) is 24.5 Å². The number of rotatable bonds is 4. The second-order valence-electron chi connectivity index (χ2n) is 4.45. The molecule has 1 atom stereocenters. The van der Waals surface area contributed by atoms with Crippen molar-refractivity contribution < 1.29 is 18.3 Å². The number of nitrogens with one attached hydrogen (secondary N) is 2. The number of aliphatic hydroxyl groups excluding tert-OH is 1. The highest BCUT2D eigenvalue weighted by molar-refractivity contribution is 6.29. The Hall–Kier alpha value is -1.83. The van der Waals surface area contributed by atoms with Crippen LogP contribution in [0, 0.1) is 0 Å². The largest absolute Gasteiger partial charge is 0.419 e. The molecule has 1 unspecified atom stereocenters. The summed E-state index contributed by atoms with van der Waals surface area (Å²) in [6.45, 7) is 0. The predicted molar refractivity (Wildman–Crippen MR) is 78.0 cm³/mol. The highest BCUT2D eigenvalue weighted by atomic mass is 35.5. The standard InChI is InChI=1S/C14H13ClF3N3O/c1-19-13(22)8-4-2-3-5-10(8)21-11-6-12(15)20-7-9(11)14(16,17)18/h2-7,13,19,22H,1H3,(H,20,21). The first-order valence-corrected chi connectivity index (χ1v) is 6.64. The highest BCUT2D eigenvalue weighted by Gasteiger charge is 2.34. The van der Waals surface area contributed by atoms with Gasteiger partial charge in [-0.2, -0.15) is 13.2 Å². The maximum Gasteiger partial charge on any atom is 0.419 e. The van der Waals surface area contributed by atoms with Crippen LogP contribution in [0.1, 0.15) is 17.4 Å². The molecule has 1 aromatic carbocycles. The average Bonchev–Trinajstić information content (AvgIpc) is 2.46. The smallest absolute Gasteiger partial charge is 0.374 e. The van der Waals surface area contributed by atoms with Crippen LogP contribution >= 0.6 is 11.6 Å². The minimum absolute atomic E-state index is 0.0675. The van der Waals surface area contributed by atoms with E-state index in [4.69, 9.17) is 11.6 Å². The first-order valence-electron chi connectivity index (χ1n) is 6.27. The van der Waals surface area contributed by atoms with Crippen LogP contribution in [-0.4, -0.2) is 17.1 Å². The maximum atomic E-state index is 13.0. The number of anilines is 2. The summed E-state index contributed by atoms with van der Waals surface area (Å²) in [5.74, 6) is 0. The van der Waals surface area contributed by atoms with Crippen molar-refractivity contribution in [2.75, 3.05) is 12.4 Å². The molecule has 0 aliphatic heterocycles. The molecular weight excluding hydrogens is 319 g/mol. The summed E-state index contributed by atoms with van der Waals surface area (Å²) in [6, 6.07) is 7.56. The Morgan fingerprint density at radius 1 is 1.23 bits per heavy atom. The van der Waals surface area contributed by atoms with Gasteiger partial charge in [-0.05, 0) is 19.2 Å². The van der Waals surface area contributed by atoms with E-state index in [1.54, 1.807) is 24.3 Å². The van der Waals surface area contributed by atoms with E-state index < -0.39 is 18.0 Å². The van der Waals surface area contributed by atoms with Crippen molar-refractivity contribution in [3.63, 3.8) is 0 Å². The van der Waals surface area contributed by atoms with Gasteiger partial charge in [0.1, 0.15) is 11.4 Å². The first kappa shape index (κ1) is 16.5. The van der Waals surface area contributed by atoms with Gasteiger partial charge >= 0.3 is 6.18 Å². The molecule has 0 saturated carbocycles. The van der Waals surface area contributed by atoms with Gasteiger partial charge in [-0.1, -0.05) is 29.8 Å². The zero-order valence-corrected chi connectivity index (χ0v) is 12.2. The molecular formula is C14H13ClF3N3O. The molecule has 0 bridgehead atoms. The number of pyridine rings is 1. The molecule has 2 rings (SSSR count). The van der Waals surface area contributed by atoms with Crippen LogP contribution in [-0.2, 0) is 6.18 Å². The molecule has 22 heavy (non-hydrogen) atoms. The van der Waals surface area contributed by atoms with Gasteiger partial charge in [-0.15, -0.1) is 0 Å². The number of alkyl halides is 3. The fourth-order valence-electron chi connectivity index (χ4n) is 1.91. The zero-order chi connectivity index (χ0) is 16.3. The number of aliphatic hydroxyl groups is 1. The average molecular weight is 332 g/mol. The number of halogens is 4. The minimum Gasteiger partial charge on any atom is -0.374 e. The van der Waals surface area contributed by atoms with Gasteiger partial charge in [-0.3, -0.25) is 5.32 Å². The van der Waals surface area contributed by atoms with Gasteiger partial charge < -0.3 is 10.4 Å². The van der Waals surface area contributed by atoms with Crippen LogP contribution in [0.5, 0.6) is 0 Å². The third-order valence-electron chi connectivity index (χ3n) is 2.97. The first-order chi connectivity index (χ1) is 10.3. The third kappa shape index (κ3) is 3.68. The van der Waals surface area contributed by atoms with Crippen LogP contribution < -0.4 is 10.6 Å². The van der Waals surface area contributed by atoms with Crippen molar-refractivity contribution in [3.8, 4) is 0 Å². The summed E-state index contributed by atoms with van der Waals surface area (Å²) < 4.78 is 39.1. The Morgan fingerprint density at radius 2 is 1.91 bits per heavy atom. The monoisotopic (exact) mass is 331 g/mol. The predicted octanol–water partition coefficient (Wildman–Crippen LogP) is 3.71. The summed E-state index contributed by atoms with van der Waals surface area (Å²) in [4.78, 5) is 3.47. The lowest BCUT2D eigenvalue weighted by Gasteiger charge is -2.19. The van der Waals surface area contributed by atoms with Crippen molar-refractivity contribution in [3.05, 3.63) is 52.8 Å².